The minimum atomic E-state index is -0.302. The lowest BCUT2D eigenvalue weighted by molar-refractivity contribution is 0.0945. The van der Waals surface area contributed by atoms with Gasteiger partial charge in [0.05, 0.1) is 5.69 Å². The van der Waals surface area contributed by atoms with Crippen molar-refractivity contribution in [3.63, 3.8) is 0 Å². The summed E-state index contributed by atoms with van der Waals surface area (Å²) in [6.45, 7) is 3.85. The molecule has 3 N–H and O–H groups in total. The van der Waals surface area contributed by atoms with Gasteiger partial charge in [0.15, 0.2) is 0 Å². The molecule has 122 valence electrons. The lowest BCUT2D eigenvalue weighted by Gasteiger charge is -2.07. The first kappa shape index (κ1) is 15.7. The van der Waals surface area contributed by atoms with E-state index < -0.39 is 0 Å². The van der Waals surface area contributed by atoms with Gasteiger partial charge < -0.3 is 10.3 Å². The molecule has 24 heavy (non-hydrogen) atoms. The third kappa shape index (κ3) is 3.27. The molecule has 0 atom stereocenters. The van der Waals surface area contributed by atoms with Gasteiger partial charge in [-0.2, -0.15) is 5.10 Å². The van der Waals surface area contributed by atoms with Crippen molar-refractivity contribution < 1.29 is 4.79 Å². The number of nitrogens with one attached hydrogen (secondary N) is 3. The summed E-state index contributed by atoms with van der Waals surface area (Å²) in [5, 5.41) is 9.64. The highest BCUT2D eigenvalue weighted by molar-refractivity contribution is 5.93. The summed E-state index contributed by atoms with van der Waals surface area (Å²) in [5.41, 5.74) is 4.01. The van der Waals surface area contributed by atoms with E-state index in [1.54, 1.807) is 6.07 Å². The van der Waals surface area contributed by atoms with Gasteiger partial charge >= 0.3 is 0 Å². The van der Waals surface area contributed by atoms with Crippen LogP contribution in [0.2, 0.25) is 0 Å². The van der Waals surface area contributed by atoms with Crippen molar-refractivity contribution in [2.24, 2.45) is 0 Å². The number of H-pyrrole nitrogens is 2. The number of aromatic amines is 2. The minimum absolute atomic E-state index is 0.167. The van der Waals surface area contributed by atoms with Crippen molar-refractivity contribution in [3.05, 3.63) is 75.3 Å². The summed E-state index contributed by atoms with van der Waals surface area (Å²) in [4.78, 5) is 27.0. The molecule has 1 amide bonds. The second-order valence-electron chi connectivity index (χ2n) is 5.66. The number of aryl methyl sites for hydroxylation is 2. The Morgan fingerprint density at radius 2 is 1.92 bits per heavy atom. The topological polar surface area (TPSA) is 90.6 Å². The molecule has 0 unspecified atom stereocenters. The summed E-state index contributed by atoms with van der Waals surface area (Å²) in [6.07, 6.45) is 0. The molecule has 0 saturated carbocycles. The number of hydrogen-bond acceptors (Lipinski definition) is 3. The van der Waals surface area contributed by atoms with Crippen LogP contribution in [-0.2, 0) is 6.54 Å². The molecule has 0 bridgehead atoms. The van der Waals surface area contributed by atoms with Crippen LogP contribution in [0.4, 0.5) is 0 Å². The maximum Gasteiger partial charge on any atom is 0.269 e. The van der Waals surface area contributed by atoms with Crippen LogP contribution in [-0.4, -0.2) is 21.1 Å². The monoisotopic (exact) mass is 322 g/mol. The lowest BCUT2D eigenvalue weighted by atomic mass is 10.1. The predicted octanol–water partition coefficient (Wildman–Crippen LogP) is 2.31. The number of aromatic nitrogens is 3. The minimum Gasteiger partial charge on any atom is -0.346 e. The molecule has 0 fully saturated rings. The average Bonchev–Trinajstić information content (AvgIpc) is 3.04. The molecule has 0 saturated heterocycles. The van der Waals surface area contributed by atoms with Gasteiger partial charge in [0, 0.05) is 23.4 Å². The van der Waals surface area contributed by atoms with Crippen molar-refractivity contribution in [1.82, 2.24) is 20.5 Å². The van der Waals surface area contributed by atoms with Crippen molar-refractivity contribution in [1.29, 1.82) is 0 Å². The standard InChI is InChI=1S/C18H18N4O2/c1-11-8-12(2)20-17(23)14(11)10-19-18(24)16-9-15(21-22-16)13-6-4-3-5-7-13/h3-9H,10H2,1-2H3,(H,19,24)(H,20,23)(H,21,22). The molecule has 3 rings (SSSR count). The molecule has 0 aliphatic heterocycles. The molecule has 3 aromatic rings. The number of amides is 1. The Morgan fingerprint density at radius 1 is 1.17 bits per heavy atom. The second-order valence-corrected chi connectivity index (χ2v) is 5.66. The Bertz CT molecular complexity index is 926. The van der Waals surface area contributed by atoms with Gasteiger partial charge in [-0.05, 0) is 31.5 Å². The summed E-state index contributed by atoms with van der Waals surface area (Å²) < 4.78 is 0. The van der Waals surface area contributed by atoms with Gasteiger partial charge in [-0.25, -0.2) is 0 Å². The van der Waals surface area contributed by atoms with E-state index in [-0.39, 0.29) is 18.0 Å². The zero-order valence-corrected chi connectivity index (χ0v) is 13.5. The summed E-state index contributed by atoms with van der Waals surface area (Å²) >= 11 is 0. The Morgan fingerprint density at radius 3 is 2.62 bits per heavy atom. The number of carbonyl (C=O) groups excluding carboxylic acids is 1. The molecule has 1 aromatic carbocycles. The van der Waals surface area contributed by atoms with Gasteiger partial charge in [0.25, 0.3) is 11.5 Å². The second kappa shape index (κ2) is 6.54. The van der Waals surface area contributed by atoms with Crippen molar-refractivity contribution in [2.75, 3.05) is 0 Å². The molecule has 0 aliphatic carbocycles. The first-order valence-electron chi connectivity index (χ1n) is 7.63. The maximum absolute atomic E-state index is 12.3. The molecule has 2 heterocycles. The van der Waals surface area contributed by atoms with Crippen LogP contribution < -0.4 is 10.9 Å². The van der Waals surface area contributed by atoms with Crippen LogP contribution in [0.15, 0.2) is 47.3 Å². The smallest absolute Gasteiger partial charge is 0.269 e. The van der Waals surface area contributed by atoms with Crippen molar-refractivity contribution in [3.8, 4) is 11.3 Å². The highest BCUT2D eigenvalue weighted by Crippen LogP contribution is 2.16. The quantitative estimate of drug-likeness (QED) is 0.688. The number of carbonyl (C=O) groups is 1. The zero-order valence-electron chi connectivity index (χ0n) is 13.5. The molecular weight excluding hydrogens is 304 g/mol. The fraction of sp³-hybridized carbons (Fsp3) is 0.167. The van der Waals surface area contributed by atoms with Gasteiger partial charge in [-0.3, -0.25) is 14.7 Å². The van der Waals surface area contributed by atoms with Crippen LogP contribution in [0.5, 0.6) is 0 Å². The van der Waals surface area contributed by atoms with E-state index in [1.165, 1.54) is 0 Å². The van der Waals surface area contributed by atoms with E-state index in [0.717, 1.165) is 16.8 Å². The molecule has 0 spiro atoms. The SMILES string of the molecule is Cc1cc(C)c(CNC(=O)c2cc(-c3ccccc3)n[nH]2)c(=O)[nH]1. The predicted molar refractivity (Wildman–Crippen MR) is 91.7 cm³/mol. The van der Waals surface area contributed by atoms with Gasteiger partial charge in [-0.15, -0.1) is 0 Å². The normalized spacial score (nSPS) is 10.6. The van der Waals surface area contributed by atoms with Crippen LogP contribution >= 0.6 is 0 Å². The molecule has 0 radical (unpaired) electrons. The fourth-order valence-electron chi connectivity index (χ4n) is 2.56. The number of hydrogen-bond donors (Lipinski definition) is 3. The highest BCUT2D eigenvalue weighted by atomic mass is 16.2. The Kier molecular flexibility index (Phi) is 4.29. The zero-order chi connectivity index (χ0) is 17.1. The third-order valence-corrected chi connectivity index (χ3v) is 3.81. The molecular formula is C18H18N4O2. The van der Waals surface area contributed by atoms with Crippen LogP contribution in [0.3, 0.4) is 0 Å². The van der Waals surface area contributed by atoms with Crippen molar-refractivity contribution in [2.45, 2.75) is 20.4 Å². The fourth-order valence-corrected chi connectivity index (χ4v) is 2.56. The Labute approximate surface area is 138 Å². The van der Waals surface area contributed by atoms with E-state index in [4.69, 9.17) is 0 Å². The first-order chi connectivity index (χ1) is 11.5. The largest absolute Gasteiger partial charge is 0.346 e. The van der Waals surface area contributed by atoms with E-state index in [2.05, 4.69) is 20.5 Å². The number of nitrogens with zero attached hydrogens (tertiary/aromatic N) is 1. The Hall–Kier alpha value is -3.15. The lowest BCUT2D eigenvalue weighted by Crippen LogP contribution is -2.28. The van der Waals surface area contributed by atoms with Gasteiger partial charge in [0.1, 0.15) is 5.69 Å². The van der Waals surface area contributed by atoms with Crippen LogP contribution in [0, 0.1) is 13.8 Å². The number of benzene rings is 1. The highest BCUT2D eigenvalue weighted by Gasteiger charge is 2.12. The average molecular weight is 322 g/mol. The maximum atomic E-state index is 12.3. The van der Waals surface area contributed by atoms with Crippen molar-refractivity contribution >= 4 is 5.91 Å². The Balaban J connectivity index is 1.73. The molecule has 6 heteroatoms. The number of pyridine rings is 1. The molecule has 0 aliphatic rings. The third-order valence-electron chi connectivity index (χ3n) is 3.81. The number of rotatable bonds is 4. The van der Waals surface area contributed by atoms with Gasteiger partial charge in [0.2, 0.25) is 0 Å². The molecule has 2 aromatic heterocycles. The van der Waals surface area contributed by atoms with E-state index in [0.29, 0.717) is 17.0 Å². The summed E-state index contributed by atoms with van der Waals surface area (Å²) in [5.74, 6) is -0.302. The van der Waals surface area contributed by atoms with Gasteiger partial charge in [-0.1, -0.05) is 30.3 Å². The molecule has 6 nitrogen and oxygen atoms in total. The summed E-state index contributed by atoms with van der Waals surface area (Å²) in [7, 11) is 0. The van der Waals surface area contributed by atoms with Crippen LogP contribution in [0.25, 0.3) is 11.3 Å². The van der Waals surface area contributed by atoms with Crippen LogP contribution in [0.1, 0.15) is 27.3 Å². The summed E-state index contributed by atoms with van der Waals surface area (Å²) in [6, 6.07) is 13.2. The van der Waals surface area contributed by atoms with E-state index in [9.17, 15) is 9.59 Å². The first-order valence-corrected chi connectivity index (χ1v) is 7.63. The van der Waals surface area contributed by atoms with E-state index in [1.807, 2.05) is 50.2 Å². The van der Waals surface area contributed by atoms with E-state index >= 15 is 0 Å².